The Labute approximate surface area is 364 Å². The maximum atomic E-state index is 2.44. The molecular formula is C61H45N. The Morgan fingerprint density at radius 3 is 1.16 bits per heavy atom. The molecule has 62 heavy (non-hydrogen) atoms. The lowest BCUT2D eigenvalue weighted by molar-refractivity contribution is 0.666. The van der Waals surface area contributed by atoms with Crippen LogP contribution in [-0.2, 0) is 5.41 Å². The molecule has 0 saturated carbocycles. The van der Waals surface area contributed by atoms with Crippen molar-refractivity contribution in [1.82, 2.24) is 0 Å². The highest BCUT2D eigenvalue weighted by atomic mass is 15.1. The lowest BCUT2D eigenvalue weighted by Crippen LogP contribution is -2.15. The molecule has 10 aromatic carbocycles. The van der Waals surface area contributed by atoms with Crippen molar-refractivity contribution >= 4 is 27.8 Å². The number of hydrogen-bond donors (Lipinski definition) is 0. The fraction of sp³-hybridized carbons (Fsp3) is 0.0492. The van der Waals surface area contributed by atoms with Crippen LogP contribution in [0.5, 0.6) is 0 Å². The van der Waals surface area contributed by atoms with E-state index < -0.39 is 0 Å². The van der Waals surface area contributed by atoms with E-state index in [2.05, 4.69) is 255 Å². The van der Waals surface area contributed by atoms with E-state index in [1.54, 1.807) is 0 Å². The van der Waals surface area contributed by atoms with Crippen molar-refractivity contribution in [3.8, 4) is 66.8 Å². The van der Waals surface area contributed by atoms with Crippen molar-refractivity contribution in [3.05, 3.63) is 248 Å². The van der Waals surface area contributed by atoms with Crippen LogP contribution < -0.4 is 4.90 Å². The first-order valence-corrected chi connectivity index (χ1v) is 21.6. The highest BCUT2D eigenvalue weighted by molar-refractivity contribution is 6.05. The van der Waals surface area contributed by atoms with Gasteiger partial charge in [-0.2, -0.15) is 0 Å². The third kappa shape index (κ3) is 6.60. The van der Waals surface area contributed by atoms with Crippen molar-refractivity contribution in [2.24, 2.45) is 0 Å². The number of anilines is 3. The minimum atomic E-state index is -0.158. The fourth-order valence-electron chi connectivity index (χ4n) is 9.69. The van der Waals surface area contributed by atoms with E-state index in [9.17, 15) is 0 Å². The van der Waals surface area contributed by atoms with Gasteiger partial charge in [-0.05, 0) is 137 Å². The van der Waals surface area contributed by atoms with Crippen LogP contribution in [0.3, 0.4) is 0 Å². The lowest BCUT2D eigenvalue weighted by atomic mass is 9.79. The van der Waals surface area contributed by atoms with Gasteiger partial charge in [0.1, 0.15) is 0 Å². The number of rotatable bonds is 8. The summed E-state index contributed by atoms with van der Waals surface area (Å²) in [5.41, 5.74) is 20.9. The Hall–Kier alpha value is -7.74. The third-order valence-corrected chi connectivity index (χ3v) is 12.9. The second-order valence-corrected chi connectivity index (χ2v) is 16.9. The number of nitrogens with zero attached hydrogens (tertiary/aromatic N) is 1. The molecule has 0 fully saturated rings. The number of fused-ring (bicyclic) bond motifs is 5. The first-order chi connectivity index (χ1) is 30.5. The minimum Gasteiger partial charge on any atom is -0.311 e. The van der Waals surface area contributed by atoms with Crippen LogP contribution in [0.25, 0.3) is 77.5 Å². The Bertz CT molecular complexity index is 3100. The van der Waals surface area contributed by atoms with Gasteiger partial charge in [-0.1, -0.05) is 202 Å². The molecule has 0 unspecified atom stereocenters. The highest BCUT2D eigenvalue weighted by Gasteiger charge is 2.39. The average Bonchev–Trinajstić information content (AvgIpc) is 3.59. The maximum Gasteiger partial charge on any atom is 0.0462 e. The lowest BCUT2D eigenvalue weighted by Gasteiger charge is -2.26. The van der Waals surface area contributed by atoms with Gasteiger partial charge in [0.15, 0.2) is 0 Å². The average molecular weight is 792 g/mol. The van der Waals surface area contributed by atoms with Crippen LogP contribution in [0, 0.1) is 0 Å². The largest absolute Gasteiger partial charge is 0.311 e. The molecule has 0 atom stereocenters. The zero-order valence-corrected chi connectivity index (χ0v) is 35.0. The molecule has 1 heteroatoms. The van der Waals surface area contributed by atoms with E-state index in [4.69, 9.17) is 0 Å². The molecule has 294 valence electrons. The van der Waals surface area contributed by atoms with Crippen LogP contribution in [0.4, 0.5) is 17.1 Å². The Morgan fingerprint density at radius 2 is 0.677 bits per heavy atom. The summed E-state index contributed by atoms with van der Waals surface area (Å²) in [5, 5.41) is 2.63. The van der Waals surface area contributed by atoms with Crippen molar-refractivity contribution < 1.29 is 0 Å². The van der Waals surface area contributed by atoms with Crippen LogP contribution in [0.1, 0.15) is 25.0 Å². The summed E-state index contributed by atoms with van der Waals surface area (Å²) in [4.78, 5) is 2.34. The number of benzene rings is 10. The van der Waals surface area contributed by atoms with Gasteiger partial charge < -0.3 is 4.90 Å². The van der Waals surface area contributed by atoms with Crippen molar-refractivity contribution in [2.45, 2.75) is 19.3 Å². The standard InChI is InChI=1S/C61H45N/c1-61(2)58-41-50(32-39-56(58)59-57(49-18-10-5-11-19-49)40-51-20-12-13-21-55(51)60(59)61)48-24-22-44(23-25-48)47-30-37-54(38-31-47)62(52-33-26-45(27-34-52)42-14-6-3-7-15-42)53-35-28-46(29-36-53)43-16-8-4-9-17-43/h3-41H,1-2H3. The Kier molecular flexibility index (Phi) is 9.24. The second kappa shape index (κ2) is 15.4. The first-order valence-electron chi connectivity index (χ1n) is 21.6. The van der Waals surface area contributed by atoms with Gasteiger partial charge in [0.25, 0.3) is 0 Å². The van der Waals surface area contributed by atoms with Crippen LogP contribution >= 0.6 is 0 Å². The Balaban J connectivity index is 0.905. The molecule has 10 aromatic rings. The summed E-state index contributed by atoms with van der Waals surface area (Å²) in [7, 11) is 0. The zero-order valence-electron chi connectivity index (χ0n) is 35.0. The molecule has 0 N–H and O–H groups in total. The van der Waals surface area contributed by atoms with E-state index in [1.165, 1.54) is 88.7 Å². The predicted octanol–water partition coefficient (Wildman–Crippen LogP) is 17.0. The van der Waals surface area contributed by atoms with Gasteiger partial charge in [-0.15, -0.1) is 0 Å². The molecule has 1 aliphatic carbocycles. The van der Waals surface area contributed by atoms with E-state index in [0.717, 1.165) is 17.1 Å². The van der Waals surface area contributed by atoms with Crippen molar-refractivity contribution in [3.63, 3.8) is 0 Å². The predicted molar refractivity (Wildman–Crippen MR) is 263 cm³/mol. The molecule has 0 bridgehead atoms. The maximum absolute atomic E-state index is 2.44. The monoisotopic (exact) mass is 791 g/mol. The SMILES string of the molecule is CC1(C)c2cc(-c3ccc(-c4ccc(N(c5ccc(-c6ccccc6)cc5)c5ccc(-c6ccccc6)cc5)cc4)cc3)ccc2-c2c(-c3ccccc3)cc3ccccc3c21. The Morgan fingerprint density at radius 1 is 0.306 bits per heavy atom. The summed E-state index contributed by atoms with van der Waals surface area (Å²) in [6, 6.07) is 86.2. The third-order valence-electron chi connectivity index (χ3n) is 12.9. The van der Waals surface area contributed by atoms with Gasteiger partial charge in [0, 0.05) is 22.5 Å². The van der Waals surface area contributed by atoms with Gasteiger partial charge in [0.2, 0.25) is 0 Å². The molecule has 0 aliphatic heterocycles. The number of hydrogen-bond acceptors (Lipinski definition) is 1. The topological polar surface area (TPSA) is 3.24 Å². The molecule has 1 nitrogen and oxygen atoms in total. The van der Waals surface area contributed by atoms with E-state index in [1.807, 2.05) is 0 Å². The molecular weight excluding hydrogens is 747 g/mol. The molecule has 0 spiro atoms. The molecule has 0 heterocycles. The summed E-state index contributed by atoms with van der Waals surface area (Å²) in [6.45, 7) is 4.80. The summed E-state index contributed by atoms with van der Waals surface area (Å²) in [6.07, 6.45) is 0. The summed E-state index contributed by atoms with van der Waals surface area (Å²) >= 11 is 0. The molecule has 0 saturated heterocycles. The van der Waals surface area contributed by atoms with E-state index in [-0.39, 0.29) is 5.41 Å². The molecule has 0 amide bonds. The molecule has 1 aliphatic rings. The second-order valence-electron chi connectivity index (χ2n) is 16.9. The van der Waals surface area contributed by atoms with Gasteiger partial charge >= 0.3 is 0 Å². The smallest absolute Gasteiger partial charge is 0.0462 e. The molecule has 11 rings (SSSR count). The zero-order chi connectivity index (χ0) is 41.6. The summed E-state index contributed by atoms with van der Waals surface area (Å²) < 4.78 is 0. The van der Waals surface area contributed by atoms with E-state index >= 15 is 0 Å². The molecule has 0 radical (unpaired) electrons. The minimum absolute atomic E-state index is 0.158. The van der Waals surface area contributed by atoms with Gasteiger partial charge in [0.05, 0.1) is 0 Å². The summed E-state index contributed by atoms with van der Waals surface area (Å²) in [5.74, 6) is 0. The van der Waals surface area contributed by atoms with Gasteiger partial charge in [-0.3, -0.25) is 0 Å². The molecule has 0 aromatic heterocycles. The van der Waals surface area contributed by atoms with Crippen LogP contribution in [0.15, 0.2) is 237 Å². The first kappa shape index (κ1) is 37.3. The van der Waals surface area contributed by atoms with E-state index in [0.29, 0.717) is 0 Å². The normalized spacial score (nSPS) is 12.5. The van der Waals surface area contributed by atoms with Crippen LogP contribution in [0.2, 0.25) is 0 Å². The van der Waals surface area contributed by atoms with Crippen molar-refractivity contribution in [1.29, 1.82) is 0 Å². The quantitative estimate of drug-likeness (QED) is 0.148. The fourth-order valence-corrected chi connectivity index (χ4v) is 9.69. The van der Waals surface area contributed by atoms with Crippen LogP contribution in [-0.4, -0.2) is 0 Å². The highest BCUT2D eigenvalue weighted by Crippen LogP contribution is 2.55. The van der Waals surface area contributed by atoms with Crippen molar-refractivity contribution in [2.75, 3.05) is 4.90 Å². The van der Waals surface area contributed by atoms with Gasteiger partial charge in [-0.25, -0.2) is 0 Å².